The molecule has 1 aromatic rings. The molecule has 28 heavy (non-hydrogen) atoms. The van der Waals surface area contributed by atoms with Gasteiger partial charge < -0.3 is 15.1 Å². The lowest BCUT2D eigenvalue weighted by Gasteiger charge is -2.35. The first-order valence-corrected chi connectivity index (χ1v) is 10.8. The van der Waals surface area contributed by atoms with Crippen LogP contribution in [0.15, 0.2) is 18.2 Å². The Balaban J connectivity index is 1.86. The van der Waals surface area contributed by atoms with E-state index in [1.807, 2.05) is 46.1 Å². The van der Waals surface area contributed by atoms with Gasteiger partial charge in [-0.3, -0.25) is 9.59 Å². The summed E-state index contributed by atoms with van der Waals surface area (Å²) >= 11 is 0. The van der Waals surface area contributed by atoms with E-state index in [4.69, 9.17) is 0 Å². The highest BCUT2D eigenvalue weighted by Crippen LogP contribution is 2.36. The van der Waals surface area contributed by atoms with Crippen molar-refractivity contribution >= 4 is 23.2 Å². The highest BCUT2D eigenvalue weighted by atomic mass is 16.2. The summed E-state index contributed by atoms with van der Waals surface area (Å²) < 4.78 is 0. The Bertz CT molecular complexity index is 704. The third-order valence-corrected chi connectivity index (χ3v) is 5.92. The van der Waals surface area contributed by atoms with Gasteiger partial charge in [-0.25, -0.2) is 0 Å². The Morgan fingerprint density at radius 2 is 1.75 bits per heavy atom. The number of hydrogen-bond acceptors (Lipinski definition) is 3. The summed E-state index contributed by atoms with van der Waals surface area (Å²) in [5.74, 6) is 0.510. The van der Waals surface area contributed by atoms with Crippen LogP contribution in [-0.4, -0.2) is 36.9 Å². The van der Waals surface area contributed by atoms with Gasteiger partial charge in [0.05, 0.1) is 0 Å². The smallest absolute Gasteiger partial charge is 0.226 e. The lowest BCUT2D eigenvalue weighted by molar-refractivity contribution is -0.136. The van der Waals surface area contributed by atoms with E-state index in [0.29, 0.717) is 18.5 Å². The lowest BCUT2D eigenvalue weighted by Crippen LogP contribution is -2.42. The van der Waals surface area contributed by atoms with Crippen molar-refractivity contribution < 1.29 is 9.59 Å². The predicted molar refractivity (Wildman–Crippen MR) is 114 cm³/mol. The summed E-state index contributed by atoms with van der Waals surface area (Å²) in [4.78, 5) is 29.4. The highest BCUT2D eigenvalue weighted by molar-refractivity contribution is 5.92. The maximum atomic E-state index is 13.1. The van der Waals surface area contributed by atoms with Crippen LogP contribution >= 0.6 is 0 Å². The number of rotatable bonds is 7. The molecular formula is C23H35N3O2. The van der Waals surface area contributed by atoms with E-state index in [-0.39, 0.29) is 17.7 Å². The lowest BCUT2D eigenvalue weighted by atomic mass is 9.93. The summed E-state index contributed by atoms with van der Waals surface area (Å²) in [6.07, 6.45) is 8.00. The fourth-order valence-electron chi connectivity index (χ4n) is 4.04. The standard InChI is InChI=1S/C23H35N3O2/c1-16(2)22(27)24-19-12-13-21(25(3)4)18(14-19)15-26(23(28)17-10-11-17)20-8-6-5-7-9-20/h12-14,16-17,20H,5-11,15H2,1-4H3,(H,24,27). The minimum Gasteiger partial charge on any atom is -0.377 e. The van der Waals surface area contributed by atoms with Crippen LogP contribution in [0.3, 0.4) is 0 Å². The van der Waals surface area contributed by atoms with Crippen molar-refractivity contribution in [2.45, 2.75) is 71.4 Å². The largest absolute Gasteiger partial charge is 0.377 e. The average Bonchev–Trinajstić information content (AvgIpc) is 3.51. The van der Waals surface area contributed by atoms with Crippen molar-refractivity contribution in [2.75, 3.05) is 24.3 Å². The van der Waals surface area contributed by atoms with E-state index < -0.39 is 0 Å². The molecule has 1 aromatic carbocycles. The molecule has 2 aliphatic rings. The zero-order valence-electron chi connectivity index (χ0n) is 17.8. The van der Waals surface area contributed by atoms with Crippen LogP contribution in [0, 0.1) is 11.8 Å². The van der Waals surface area contributed by atoms with E-state index >= 15 is 0 Å². The van der Waals surface area contributed by atoms with Crippen LogP contribution in [0.2, 0.25) is 0 Å². The Morgan fingerprint density at radius 3 is 2.32 bits per heavy atom. The van der Waals surface area contributed by atoms with Gasteiger partial charge in [0.1, 0.15) is 0 Å². The first-order chi connectivity index (χ1) is 13.4. The third kappa shape index (κ3) is 5.06. The van der Waals surface area contributed by atoms with Crippen LogP contribution in [0.1, 0.15) is 64.4 Å². The van der Waals surface area contributed by atoms with Crippen molar-refractivity contribution in [3.63, 3.8) is 0 Å². The molecule has 0 atom stereocenters. The van der Waals surface area contributed by atoms with Gasteiger partial charge in [-0.2, -0.15) is 0 Å². The molecule has 0 saturated heterocycles. The van der Waals surface area contributed by atoms with Crippen molar-refractivity contribution in [2.24, 2.45) is 11.8 Å². The van der Waals surface area contributed by atoms with E-state index in [1.165, 1.54) is 19.3 Å². The fourth-order valence-corrected chi connectivity index (χ4v) is 4.04. The molecule has 0 heterocycles. The summed E-state index contributed by atoms with van der Waals surface area (Å²) in [5, 5.41) is 3.00. The van der Waals surface area contributed by atoms with Crippen LogP contribution in [0.4, 0.5) is 11.4 Å². The molecule has 2 fully saturated rings. The van der Waals surface area contributed by atoms with Gasteiger partial charge in [0.25, 0.3) is 0 Å². The molecule has 0 aliphatic heterocycles. The number of carbonyl (C=O) groups is 2. The first kappa shape index (κ1) is 20.7. The van der Waals surface area contributed by atoms with Crippen LogP contribution in [-0.2, 0) is 16.1 Å². The number of amides is 2. The maximum absolute atomic E-state index is 13.1. The summed E-state index contributed by atoms with van der Waals surface area (Å²) in [7, 11) is 4.05. The van der Waals surface area contributed by atoms with Gasteiger partial charge in [0.2, 0.25) is 11.8 Å². The molecule has 0 spiro atoms. The molecular weight excluding hydrogens is 350 g/mol. The second-order valence-corrected chi connectivity index (χ2v) is 8.91. The monoisotopic (exact) mass is 385 g/mol. The van der Waals surface area contributed by atoms with Crippen LogP contribution in [0.25, 0.3) is 0 Å². The first-order valence-electron chi connectivity index (χ1n) is 10.8. The zero-order chi connectivity index (χ0) is 20.3. The van der Waals surface area contributed by atoms with E-state index in [9.17, 15) is 9.59 Å². The quantitative estimate of drug-likeness (QED) is 0.756. The maximum Gasteiger partial charge on any atom is 0.226 e. The SMILES string of the molecule is CC(C)C(=O)Nc1ccc(N(C)C)c(CN(C(=O)C2CC2)C2CCCCC2)c1. The van der Waals surface area contributed by atoms with Gasteiger partial charge in [-0.15, -0.1) is 0 Å². The molecule has 0 unspecified atom stereocenters. The average molecular weight is 386 g/mol. The number of nitrogens with one attached hydrogen (secondary N) is 1. The number of anilines is 2. The predicted octanol–water partition coefficient (Wildman–Crippen LogP) is 4.42. The third-order valence-electron chi connectivity index (χ3n) is 5.92. The second-order valence-electron chi connectivity index (χ2n) is 8.91. The Morgan fingerprint density at radius 1 is 1.07 bits per heavy atom. The van der Waals surface area contributed by atoms with Crippen molar-refractivity contribution in [1.82, 2.24) is 4.90 Å². The van der Waals surface area contributed by atoms with Gasteiger partial charge >= 0.3 is 0 Å². The summed E-state index contributed by atoms with van der Waals surface area (Å²) in [6, 6.07) is 6.40. The molecule has 2 aliphatic carbocycles. The second kappa shape index (κ2) is 8.97. The fraction of sp³-hybridized carbons (Fsp3) is 0.652. The molecule has 1 N–H and O–H groups in total. The van der Waals surface area contributed by atoms with Crippen LogP contribution in [0.5, 0.6) is 0 Å². The van der Waals surface area contributed by atoms with Crippen molar-refractivity contribution in [3.05, 3.63) is 23.8 Å². The molecule has 5 nitrogen and oxygen atoms in total. The van der Waals surface area contributed by atoms with Crippen molar-refractivity contribution in [1.29, 1.82) is 0 Å². The van der Waals surface area contributed by atoms with E-state index in [1.54, 1.807) is 0 Å². The number of nitrogens with zero attached hydrogens (tertiary/aromatic N) is 2. The molecule has 5 heteroatoms. The molecule has 3 rings (SSSR count). The molecule has 2 saturated carbocycles. The Hall–Kier alpha value is -2.04. The van der Waals surface area contributed by atoms with E-state index in [0.717, 1.165) is 42.6 Å². The topological polar surface area (TPSA) is 52.7 Å². The molecule has 2 amide bonds. The number of carbonyl (C=O) groups excluding carboxylic acids is 2. The molecule has 0 bridgehead atoms. The van der Waals surface area contributed by atoms with E-state index in [2.05, 4.69) is 15.1 Å². The van der Waals surface area contributed by atoms with Crippen molar-refractivity contribution in [3.8, 4) is 0 Å². The minimum atomic E-state index is -0.0628. The molecule has 0 radical (unpaired) electrons. The Labute approximate surface area is 169 Å². The van der Waals surface area contributed by atoms with Crippen LogP contribution < -0.4 is 10.2 Å². The van der Waals surface area contributed by atoms with Gasteiger partial charge in [0, 0.05) is 49.9 Å². The molecule has 0 aromatic heterocycles. The van der Waals surface area contributed by atoms with Gasteiger partial charge in [0.15, 0.2) is 0 Å². The Kier molecular flexibility index (Phi) is 6.63. The van der Waals surface area contributed by atoms with Gasteiger partial charge in [-0.05, 0) is 49.4 Å². The minimum absolute atomic E-state index is 0.0155. The number of benzene rings is 1. The molecule has 154 valence electrons. The number of hydrogen-bond donors (Lipinski definition) is 1. The zero-order valence-corrected chi connectivity index (χ0v) is 17.8. The summed E-state index contributed by atoms with van der Waals surface area (Å²) in [6.45, 7) is 4.41. The normalized spacial score (nSPS) is 17.5. The van der Waals surface area contributed by atoms with Gasteiger partial charge in [-0.1, -0.05) is 33.1 Å². The highest BCUT2D eigenvalue weighted by Gasteiger charge is 2.37. The summed E-state index contributed by atoms with van der Waals surface area (Å²) in [5.41, 5.74) is 3.01.